The SMILES string of the molecule is COC(=O)c1c([N+](=O)[O-])cc(C)c2c1OCCO2. The van der Waals surface area contributed by atoms with Gasteiger partial charge >= 0.3 is 5.97 Å². The van der Waals surface area contributed by atoms with Crippen LogP contribution in [0.4, 0.5) is 5.69 Å². The van der Waals surface area contributed by atoms with E-state index in [0.29, 0.717) is 17.9 Å². The van der Waals surface area contributed by atoms with Gasteiger partial charge in [0.25, 0.3) is 5.69 Å². The molecule has 18 heavy (non-hydrogen) atoms. The van der Waals surface area contributed by atoms with E-state index in [0.717, 1.165) is 7.11 Å². The lowest BCUT2D eigenvalue weighted by Gasteiger charge is -2.21. The van der Waals surface area contributed by atoms with Crippen molar-refractivity contribution >= 4 is 11.7 Å². The first kappa shape index (κ1) is 12.2. The van der Waals surface area contributed by atoms with E-state index in [1.54, 1.807) is 6.92 Å². The minimum absolute atomic E-state index is 0.0831. The van der Waals surface area contributed by atoms with Crippen LogP contribution in [0.2, 0.25) is 0 Å². The fourth-order valence-electron chi connectivity index (χ4n) is 1.80. The smallest absolute Gasteiger partial charge is 0.348 e. The normalized spacial score (nSPS) is 13.0. The van der Waals surface area contributed by atoms with Gasteiger partial charge in [0.1, 0.15) is 13.2 Å². The zero-order valence-corrected chi connectivity index (χ0v) is 9.89. The Morgan fingerprint density at radius 2 is 2.00 bits per heavy atom. The number of aryl methyl sites for hydroxylation is 1. The summed E-state index contributed by atoms with van der Waals surface area (Å²) in [5.74, 6) is -0.379. The molecule has 7 heteroatoms. The molecule has 0 N–H and O–H groups in total. The maximum atomic E-state index is 11.7. The van der Waals surface area contributed by atoms with Crippen molar-refractivity contribution in [3.05, 3.63) is 27.3 Å². The molecular formula is C11H11NO6. The van der Waals surface area contributed by atoms with E-state index >= 15 is 0 Å². The van der Waals surface area contributed by atoms with Crippen LogP contribution in [-0.4, -0.2) is 31.2 Å². The van der Waals surface area contributed by atoms with Crippen LogP contribution in [0.25, 0.3) is 0 Å². The Bertz CT molecular complexity index is 525. The molecule has 0 saturated heterocycles. The lowest BCUT2D eigenvalue weighted by molar-refractivity contribution is -0.385. The summed E-state index contributed by atoms with van der Waals surface area (Å²) in [5.41, 5.74) is -0.00421. The van der Waals surface area contributed by atoms with Crippen molar-refractivity contribution in [1.29, 1.82) is 0 Å². The Kier molecular flexibility index (Phi) is 3.05. The molecule has 0 spiro atoms. The van der Waals surface area contributed by atoms with Gasteiger partial charge in [0.05, 0.1) is 12.0 Å². The van der Waals surface area contributed by atoms with E-state index in [1.165, 1.54) is 6.07 Å². The van der Waals surface area contributed by atoms with E-state index in [9.17, 15) is 14.9 Å². The number of benzene rings is 1. The summed E-state index contributed by atoms with van der Waals surface area (Å²) in [7, 11) is 1.15. The number of nitrogens with zero attached hydrogens (tertiary/aromatic N) is 1. The molecule has 0 atom stereocenters. The van der Waals surface area contributed by atoms with Gasteiger partial charge in [0.15, 0.2) is 17.1 Å². The quantitative estimate of drug-likeness (QED) is 0.450. The minimum Gasteiger partial charge on any atom is -0.486 e. The van der Waals surface area contributed by atoms with Crippen molar-refractivity contribution in [2.75, 3.05) is 20.3 Å². The van der Waals surface area contributed by atoms with Crippen LogP contribution in [-0.2, 0) is 4.74 Å². The lowest BCUT2D eigenvalue weighted by Crippen LogP contribution is -2.20. The van der Waals surface area contributed by atoms with E-state index in [-0.39, 0.29) is 23.6 Å². The van der Waals surface area contributed by atoms with E-state index in [4.69, 9.17) is 9.47 Å². The van der Waals surface area contributed by atoms with Gasteiger partial charge in [-0.2, -0.15) is 0 Å². The van der Waals surface area contributed by atoms with Crippen molar-refractivity contribution in [1.82, 2.24) is 0 Å². The van der Waals surface area contributed by atoms with Crippen molar-refractivity contribution in [3.63, 3.8) is 0 Å². The third-order valence-electron chi connectivity index (χ3n) is 2.56. The summed E-state index contributed by atoms with van der Waals surface area (Å²) < 4.78 is 15.2. The molecule has 0 amide bonds. The topological polar surface area (TPSA) is 87.9 Å². The van der Waals surface area contributed by atoms with Crippen LogP contribution < -0.4 is 9.47 Å². The monoisotopic (exact) mass is 253 g/mol. The molecule has 1 aromatic rings. The summed E-state index contributed by atoms with van der Waals surface area (Å²) in [6, 6.07) is 1.28. The number of nitro groups is 1. The van der Waals surface area contributed by atoms with Gasteiger partial charge in [0, 0.05) is 11.6 Å². The van der Waals surface area contributed by atoms with E-state index in [2.05, 4.69) is 4.74 Å². The minimum atomic E-state index is -0.816. The van der Waals surface area contributed by atoms with Crippen molar-refractivity contribution in [2.24, 2.45) is 0 Å². The molecule has 0 aromatic heterocycles. The highest BCUT2D eigenvalue weighted by Crippen LogP contribution is 2.42. The van der Waals surface area contributed by atoms with Crippen LogP contribution in [0.5, 0.6) is 11.5 Å². The molecular weight excluding hydrogens is 242 g/mol. The number of methoxy groups -OCH3 is 1. The number of fused-ring (bicyclic) bond motifs is 1. The highest BCUT2D eigenvalue weighted by Gasteiger charge is 2.32. The molecule has 0 bridgehead atoms. The molecule has 1 heterocycles. The zero-order valence-electron chi connectivity index (χ0n) is 9.89. The summed E-state index contributed by atoms with van der Waals surface area (Å²) in [4.78, 5) is 22.0. The third-order valence-corrected chi connectivity index (χ3v) is 2.56. The first-order valence-corrected chi connectivity index (χ1v) is 5.22. The number of carbonyl (C=O) groups excluding carboxylic acids is 1. The van der Waals surface area contributed by atoms with Crippen molar-refractivity contribution < 1.29 is 23.9 Å². The molecule has 1 aliphatic heterocycles. The average Bonchev–Trinajstić information content (AvgIpc) is 2.37. The summed E-state index contributed by atoms with van der Waals surface area (Å²) in [5, 5.41) is 11.0. The number of ether oxygens (including phenoxy) is 3. The zero-order chi connectivity index (χ0) is 13.3. The number of hydrogen-bond acceptors (Lipinski definition) is 6. The van der Waals surface area contributed by atoms with Crippen LogP contribution in [0.15, 0.2) is 6.07 Å². The second kappa shape index (κ2) is 4.52. The van der Waals surface area contributed by atoms with Gasteiger partial charge in [0.2, 0.25) is 0 Å². The number of carbonyl (C=O) groups is 1. The summed E-state index contributed by atoms with van der Waals surface area (Å²) >= 11 is 0. The van der Waals surface area contributed by atoms with Gasteiger partial charge in [-0.3, -0.25) is 10.1 Å². The number of rotatable bonds is 2. The van der Waals surface area contributed by atoms with Gasteiger partial charge in [-0.15, -0.1) is 0 Å². The largest absolute Gasteiger partial charge is 0.486 e. The summed E-state index contributed by atoms with van der Waals surface area (Å²) in [6.07, 6.45) is 0. The Morgan fingerprint density at radius 3 is 2.56 bits per heavy atom. The van der Waals surface area contributed by atoms with E-state index in [1.807, 2.05) is 0 Å². The highest BCUT2D eigenvalue weighted by atomic mass is 16.6. The molecule has 1 aliphatic rings. The molecule has 0 unspecified atom stereocenters. The molecule has 0 fully saturated rings. The molecule has 7 nitrogen and oxygen atoms in total. The Hall–Kier alpha value is -2.31. The fourth-order valence-corrected chi connectivity index (χ4v) is 1.80. The Balaban J connectivity index is 2.72. The van der Waals surface area contributed by atoms with Crippen LogP contribution in [0.1, 0.15) is 15.9 Å². The van der Waals surface area contributed by atoms with Gasteiger partial charge < -0.3 is 14.2 Å². The Morgan fingerprint density at radius 1 is 1.39 bits per heavy atom. The van der Waals surface area contributed by atoms with Gasteiger partial charge in [-0.1, -0.05) is 0 Å². The van der Waals surface area contributed by atoms with Gasteiger partial charge in [-0.05, 0) is 6.92 Å². The number of nitro benzene ring substituents is 1. The standard InChI is InChI=1S/C11H11NO6/c1-6-5-7(12(14)15)8(11(13)16-2)10-9(6)17-3-4-18-10/h5H,3-4H2,1-2H3. The Labute approximate surface area is 102 Å². The van der Waals surface area contributed by atoms with Gasteiger partial charge in [-0.25, -0.2) is 4.79 Å². The number of hydrogen-bond donors (Lipinski definition) is 0. The third kappa shape index (κ3) is 1.83. The summed E-state index contributed by atoms with van der Waals surface area (Å²) in [6.45, 7) is 2.23. The molecule has 0 radical (unpaired) electrons. The maximum Gasteiger partial charge on any atom is 0.348 e. The number of esters is 1. The molecule has 1 aromatic carbocycles. The predicted octanol–water partition coefficient (Wildman–Crippen LogP) is 1.46. The van der Waals surface area contributed by atoms with Crippen LogP contribution in [0, 0.1) is 17.0 Å². The second-order valence-electron chi connectivity index (χ2n) is 3.69. The van der Waals surface area contributed by atoms with Crippen LogP contribution >= 0.6 is 0 Å². The molecule has 96 valence electrons. The maximum absolute atomic E-state index is 11.7. The fraction of sp³-hybridized carbons (Fsp3) is 0.364. The molecule has 0 aliphatic carbocycles. The second-order valence-corrected chi connectivity index (χ2v) is 3.69. The first-order chi connectivity index (χ1) is 8.56. The lowest BCUT2D eigenvalue weighted by atomic mass is 10.1. The average molecular weight is 253 g/mol. The molecule has 0 saturated carbocycles. The molecule has 2 rings (SSSR count). The predicted molar refractivity (Wildman–Crippen MR) is 60.2 cm³/mol. The van der Waals surface area contributed by atoms with Crippen LogP contribution in [0.3, 0.4) is 0 Å². The van der Waals surface area contributed by atoms with Crippen molar-refractivity contribution in [3.8, 4) is 11.5 Å². The van der Waals surface area contributed by atoms with E-state index < -0.39 is 10.9 Å². The first-order valence-electron chi connectivity index (χ1n) is 5.22. The van der Waals surface area contributed by atoms with Crippen molar-refractivity contribution in [2.45, 2.75) is 6.92 Å². The highest BCUT2D eigenvalue weighted by molar-refractivity contribution is 5.98.